The maximum atomic E-state index is 12.9. The molecular weight excluding hydrogens is 401 g/mol. The second-order valence-corrected chi connectivity index (χ2v) is 7.00. The van der Waals surface area contributed by atoms with Crippen molar-refractivity contribution in [3.63, 3.8) is 0 Å². The van der Waals surface area contributed by atoms with Crippen molar-refractivity contribution >= 4 is 52.3 Å². The van der Waals surface area contributed by atoms with Crippen molar-refractivity contribution in [1.29, 1.82) is 0 Å². The highest BCUT2D eigenvalue weighted by Crippen LogP contribution is 2.25. The lowest BCUT2D eigenvalue weighted by atomic mass is 10.1. The van der Waals surface area contributed by atoms with Gasteiger partial charge in [0.2, 0.25) is 11.8 Å². The molecule has 0 spiro atoms. The predicted molar refractivity (Wildman–Crippen MR) is 112 cm³/mol. The Morgan fingerprint density at radius 2 is 1.79 bits per heavy atom. The summed E-state index contributed by atoms with van der Waals surface area (Å²) in [6.45, 7) is 3.57. The van der Waals surface area contributed by atoms with E-state index >= 15 is 0 Å². The molecule has 8 heteroatoms. The van der Waals surface area contributed by atoms with Crippen molar-refractivity contribution in [2.75, 3.05) is 23.7 Å². The smallest absolute Gasteiger partial charge is 0.254 e. The van der Waals surface area contributed by atoms with E-state index < -0.39 is 0 Å². The Hall–Kier alpha value is -2.57. The van der Waals surface area contributed by atoms with Crippen molar-refractivity contribution in [3.05, 3.63) is 58.1 Å². The molecule has 2 aromatic rings. The summed E-state index contributed by atoms with van der Waals surface area (Å²) in [4.78, 5) is 38.0. The van der Waals surface area contributed by atoms with Crippen LogP contribution in [-0.2, 0) is 9.59 Å². The molecule has 0 bridgehead atoms. The normalized spacial score (nSPS) is 10.3. The minimum absolute atomic E-state index is 0.139. The molecule has 0 saturated carbocycles. The molecule has 2 N–H and O–H groups in total. The van der Waals surface area contributed by atoms with Gasteiger partial charge in [-0.2, -0.15) is 0 Å². The number of rotatable bonds is 7. The van der Waals surface area contributed by atoms with Gasteiger partial charge < -0.3 is 15.5 Å². The molecule has 0 aliphatic carbocycles. The number of benzene rings is 2. The fraction of sp³-hybridized carbons (Fsp3) is 0.250. The van der Waals surface area contributed by atoms with Crippen LogP contribution in [0.4, 0.5) is 11.4 Å². The van der Waals surface area contributed by atoms with Crippen LogP contribution in [0.25, 0.3) is 0 Å². The third kappa shape index (κ3) is 6.25. The number of amides is 3. The summed E-state index contributed by atoms with van der Waals surface area (Å²) < 4.78 is 0. The number of nitrogens with zero attached hydrogens (tertiary/aromatic N) is 1. The van der Waals surface area contributed by atoms with Gasteiger partial charge in [-0.1, -0.05) is 36.2 Å². The number of carbonyl (C=O) groups is 3. The number of carbonyl (C=O) groups excluding carboxylic acids is 3. The monoisotopic (exact) mass is 421 g/mol. The van der Waals surface area contributed by atoms with E-state index in [0.717, 1.165) is 0 Å². The molecule has 0 heterocycles. The van der Waals surface area contributed by atoms with E-state index in [0.29, 0.717) is 39.9 Å². The number of nitrogens with one attached hydrogen (secondary N) is 2. The van der Waals surface area contributed by atoms with E-state index in [1.807, 2.05) is 6.92 Å². The minimum Gasteiger partial charge on any atom is -0.329 e. The van der Waals surface area contributed by atoms with Gasteiger partial charge in [-0.15, -0.1) is 0 Å². The second kappa shape index (κ2) is 10.1. The van der Waals surface area contributed by atoms with Crippen molar-refractivity contribution in [2.24, 2.45) is 0 Å². The fourth-order valence-corrected chi connectivity index (χ4v) is 2.93. The lowest BCUT2D eigenvalue weighted by Crippen LogP contribution is -2.38. The number of hydrogen-bond acceptors (Lipinski definition) is 3. The zero-order chi connectivity index (χ0) is 20.7. The van der Waals surface area contributed by atoms with E-state index in [-0.39, 0.29) is 24.3 Å². The Bertz CT molecular complexity index is 887. The maximum Gasteiger partial charge on any atom is 0.254 e. The molecule has 0 radical (unpaired) electrons. The number of hydrogen-bond donors (Lipinski definition) is 2. The average molecular weight is 422 g/mol. The van der Waals surface area contributed by atoms with E-state index in [2.05, 4.69) is 10.6 Å². The Morgan fingerprint density at radius 1 is 1.04 bits per heavy atom. The highest BCUT2D eigenvalue weighted by atomic mass is 35.5. The predicted octanol–water partition coefficient (Wildman–Crippen LogP) is 4.44. The molecule has 148 valence electrons. The standard InChI is InChI=1S/C20H21Cl2N3O3/c1-3-9-25(12-19(27)24-18-11-15(21)7-8-17(18)22)20(28)14-5-4-6-16(10-14)23-13(2)26/h4-8,10-11H,3,9,12H2,1-2H3,(H,23,26)(H,24,27). The first-order chi connectivity index (χ1) is 13.3. The molecule has 0 atom stereocenters. The van der Waals surface area contributed by atoms with Gasteiger partial charge in [-0.25, -0.2) is 0 Å². The van der Waals surface area contributed by atoms with Crippen molar-refractivity contribution in [1.82, 2.24) is 4.90 Å². The third-order valence-electron chi connectivity index (χ3n) is 3.75. The van der Waals surface area contributed by atoms with Gasteiger partial charge in [0.05, 0.1) is 10.7 Å². The van der Waals surface area contributed by atoms with Crippen LogP contribution >= 0.6 is 23.2 Å². The summed E-state index contributed by atoms with van der Waals surface area (Å²) >= 11 is 12.0. The molecule has 6 nitrogen and oxygen atoms in total. The van der Waals surface area contributed by atoms with E-state index in [4.69, 9.17) is 23.2 Å². The lowest BCUT2D eigenvalue weighted by molar-refractivity contribution is -0.117. The molecule has 0 unspecified atom stereocenters. The molecule has 0 aliphatic rings. The summed E-state index contributed by atoms with van der Waals surface area (Å²) in [6.07, 6.45) is 0.683. The molecule has 0 fully saturated rings. The summed E-state index contributed by atoms with van der Waals surface area (Å²) in [5.41, 5.74) is 1.29. The van der Waals surface area contributed by atoms with Crippen LogP contribution in [0.3, 0.4) is 0 Å². The lowest BCUT2D eigenvalue weighted by Gasteiger charge is -2.22. The Labute approximate surface area is 173 Å². The van der Waals surface area contributed by atoms with Crippen LogP contribution in [0.15, 0.2) is 42.5 Å². The summed E-state index contributed by atoms with van der Waals surface area (Å²) in [5, 5.41) is 6.11. The summed E-state index contributed by atoms with van der Waals surface area (Å²) in [6, 6.07) is 11.3. The van der Waals surface area contributed by atoms with Crippen molar-refractivity contribution in [2.45, 2.75) is 20.3 Å². The Balaban J connectivity index is 2.13. The zero-order valence-corrected chi connectivity index (χ0v) is 17.1. The summed E-state index contributed by atoms with van der Waals surface area (Å²) in [5.74, 6) is -0.918. The van der Waals surface area contributed by atoms with Crippen LogP contribution in [0.1, 0.15) is 30.6 Å². The topological polar surface area (TPSA) is 78.5 Å². The van der Waals surface area contributed by atoms with Crippen LogP contribution in [0.2, 0.25) is 10.0 Å². The minimum atomic E-state index is -0.385. The SMILES string of the molecule is CCCN(CC(=O)Nc1cc(Cl)ccc1Cl)C(=O)c1cccc(NC(C)=O)c1. The first kappa shape index (κ1) is 21.7. The molecule has 2 aromatic carbocycles. The second-order valence-electron chi connectivity index (χ2n) is 6.16. The van der Waals surface area contributed by atoms with E-state index in [1.165, 1.54) is 11.8 Å². The highest BCUT2D eigenvalue weighted by Gasteiger charge is 2.19. The molecular formula is C20H21Cl2N3O3. The molecule has 28 heavy (non-hydrogen) atoms. The quantitative estimate of drug-likeness (QED) is 0.693. The number of halogens is 2. The maximum absolute atomic E-state index is 12.9. The highest BCUT2D eigenvalue weighted by molar-refractivity contribution is 6.35. The van der Waals surface area contributed by atoms with Crippen LogP contribution in [-0.4, -0.2) is 35.7 Å². The van der Waals surface area contributed by atoms with Gasteiger partial charge in [-0.3, -0.25) is 14.4 Å². The first-order valence-corrected chi connectivity index (χ1v) is 9.47. The van der Waals surface area contributed by atoms with Gasteiger partial charge in [0.15, 0.2) is 0 Å². The Morgan fingerprint density at radius 3 is 2.46 bits per heavy atom. The van der Waals surface area contributed by atoms with Crippen molar-refractivity contribution in [3.8, 4) is 0 Å². The van der Waals surface area contributed by atoms with Gasteiger partial charge in [0.25, 0.3) is 5.91 Å². The van der Waals surface area contributed by atoms with Gasteiger partial charge in [-0.05, 0) is 42.8 Å². The molecule has 0 aliphatic heterocycles. The fourth-order valence-electron chi connectivity index (χ4n) is 2.59. The van der Waals surface area contributed by atoms with E-state index in [9.17, 15) is 14.4 Å². The molecule has 0 aromatic heterocycles. The number of anilines is 2. The van der Waals surface area contributed by atoms with Crippen molar-refractivity contribution < 1.29 is 14.4 Å². The zero-order valence-electron chi connectivity index (χ0n) is 15.6. The first-order valence-electron chi connectivity index (χ1n) is 8.72. The van der Waals surface area contributed by atoms with Crippen LogP contribution < -0.4 is 10.6 Å². The molecule has 0 saturated heterocycles. The van der Waals surface area contributed by atoms with E-state index in [1.54, 1.807) is 42.5 Å². The average Bonchev–Trinajstić information content (AvgIpc) is 2.63. The summed E-state index contributed by atoms with van der Waals surface area (Å²) in [7, 11) is 0. The Kier molecular flexibility index (Phi) is 7.84. The van der Waals surface area contributed by atoms with Gasteiger partial charge >= 0.3 is 0 Å². The molecule has 2 rings (SSSR count). The third-order valence-corrected chi connectivity index (χ3v) is 4.31. The van der Waals surface area contributed by atoms with Crippen LogP contribution in [0, 0.1) is 0 Å². The largest absolute Gasteiger partial charge is 0.329 e. The van der Waals surface area contributed by atoms with Gasteiger partial charge in [0, 0.05) is 29.7 Å². The van der Waals surface area contributed by atoms with Gasteiger partial charge in [0.1, 0.15) is 6.54 Å². The molecule has 3 amide bonds. The van der Waals surface area contributed by atoms with Crippen LogP contribution in [0.5, 0.6) is 0 Å².